The molecule has 2 N–H and O–H groups in total. The van der Waals surface area contributed by atoms with Gasteiger partial charge in [0.05, 0.1) is 0 Å². The second-order valence-electron chi connectivity index (χ2n) is 5.51. The van der Waals surface area contributed by atoms with Crippen LogP contribution < -0.4 is 10.6 Å². The largest absolute Gasteiger partial charge is 0.355 e. The number of thioether (sulfide) groups is 1. The van der Waals surface area contributed by atoms with Gasteiger partial charge in [-0.25, -0.2) is 0 Å². The maximum absolute atomic E-state index is 11.8. The molecular formula is C13H25ClN2OS. The Bertz CT molecular complexity index is 264. The second kappa shape index (κ2) is 7.61. The van der Waals surface area contributed by atoms with E-state index in [0.717, 1.165) is 19.5 Å². The minimum Gasteiger partial charge on any atom is -0.355 e. The SMILES string of the molecule is CC1(CNC(=O)CCC2CCCN2)CCCS1.Cl. The van der Waals surface area contributed by atoms with Gasteiger partial charge < -0.3 is 10.6 Å². The summed E-state index contributed by atoms with van der Waals surface area (Å²) in [6.07, 6.45) is 6.71. The number of rotatable bonds is 5. The molecule has 2 heterocycles. The van der Waals surface area contributed by atoms with Gasteiger partial charge in [-0.15, -0.1) is 12.4 Å². The molecule has 2 saturated heterocycles. The van der Waals surface area contributed by atoms with Gasteiger partial charge in [0.25, 0.3) is 0 Å². The molecule has 3 nitrogen and oxygen atoms in total. The summed E-state index contributed by atoms with van der Waals surface area (Å²) in [5, 5.41) is 6.53. The Morgan fingerprint density at radius 3 is 2.94 bits per heavy atom. The van der Waals surface area contributed by atoms with Crippen molar-refractivity contribution < 1.29 is 4.79 Å². The monoisotopic (exact) mass is 292 g/mol. The minimum absolute atomic E-state index is 0. The predicted octanol–water partition coefficient (Wildman–Crippen LogP) is 2.34. The van der Waals surface area contributed by atoms with Crippen LogP contribution in [0.1, 0.15) is 45.4 Å². The summed E-state index contributed by atoms with van der Waals surface area (Å²) in [7, 11) is 0. The number of carbonyl (C=O) groups excluding carboxylic acids is 1. The first-order chi connectivity index (χ1) is 8.18. The lowest BCUT2D eigenvalue weighted by Gasteiger charge is -2.23. The minimum atomic E-state index is 0. The lowest BCUT2D eigenvalue weighted by molar-refractivity contribution is -0.121. The summed E-state index contributed by atoms with van der Waals surface area (Å²) in [4.78, 5) is 11.8. The number of carbonyl (C=O) groups is 1. The molecule has 0 bridgehead atoms. The third-order valence-corrected chi connectivity index (χ3v) is 5.38. The molecule has 0 aromatic heterocycles. The topological polar surface area (TPSA) is 41.1 Å². The molecule has 2 aliphatic rings. The molecule has 2 rings (SSSR count). The maximum atomic E-state index is 11.8. The molecular weight excluding hydrogens is 268 g/mol. The molecule has 2 unspecified atom stereocenters. The van der Waals surface area contributed by atoms with Crippen molar-refractivity contribution in [3.05, 3.63) is 0 Å². The van der Waals surface area contributed by atoms with E-state index in [9.17, 15) is 4.79 Å². The number of hydrogen-bond donors (Lipinski definition) is 2. The highest BCUT2D eigenvalue weighted by atomic mass is 35.5. The van der Waals surface area contributed by atoms with E-state index in [1.807, 2.05) is 11.8 Å². The van der Waals surface area contributed by atoms with Crippen LogP contribution >= 0.6 is 24.2 Å². The lowest BCUT2D eigenvalue weighted by atomic mass is 10.1. The highest BCUT2D eigenvalue weighted by Crippen LogP contribution is 2.36. The Morgan fingerprint density at radius 1 is 1.50 bits per heavy atom. The van der Waals surface area contributed by atoms with Crippen LogP contribution in [0, 0.1) is 0 Å². The normalized spacial score (nSPS) is 31.1. The van der Waals surface area contributed by atoms with Gasteiger partial charge in [0.2, 0.25) is 5.91 Å². The highest BCUT2D eigenvalue weighted by molar-refractivity contribution is 8.00. The van der Waals surface area contributed by atoms with Crippen LogP contribution in [0.2, 0.25) is 0 Å². The maximum Gasteiger partial charge on any atom is 0.220 e. The van der Waals surface area contributed by atoms with Crippen molar-refractivity contribution in [1.29, 1.82) is 0 Å². The molecule has 0 aliphatic carbocycles. The Morgan fingerprint density at radius 2 is 2.33 bits per heavy atom. The van der Waals surface area contributed by atoms with Gasteiger partial charge in [-0.3, -0.25) is 4.79 Å². The van der Waals surface area contributed by atoms with E-state index in [2.05, 4.69) is 17.6 Å². The van der Waals surface area contributed by atoms with Gasteiger partial charge in [0, 0.05) is 23.8 Å². The molecule has 106 valence electrons. The summed E-state index contributed by atoms with van der Waals surface area (Å²) < 4.78 is 0.293. The fourth-order valence-electron chi connectivity index (χ4n) is 2.66. The van der Waals surface area contributed by atoms with Gasteiger partial charge in [-0.1, -0.05) is 0 Å². The Labute approximate surface area is 121 Å². The smallest absolute Gasteiger partial charge is 0.220 e. The quantitative estimate of drug-likeness (QED) is 0.817. The average Bonchev–Trinajstić information content (AvgIpc) is 2.95. The average molecular weight is 293 g/mol. The zero-order valence-electron chi connectivity index (χ0n) is 11.2. The number of amides is 1. The fourth-order valence-corrected chi connectivity index (χ4v) is 3.90. The standard InChI is InChI=1S/C13H24N2OS.ClH/c1-13(7-3-9-17-13)10-15-12(16)6-5-11-4-2-8-14-11;/h11,14H,2-10H2,1H3,(H,15,16);1H. The second-order valence-corrected chi connectivity index (χ2v) is 7.19. The molecule has 5 heteroatoms. The van der Waals surface area contributed by atoms with Gasteiger partial charge in [0.15, 0.2) is 0 Å². The first kappa shape index (κ1) is 16.1. The summed E-state index contributed by atoms with van der Waals surface area (Å²) >= 11 is 2.00. The summed E-state index contributed by atoms with van der Waals surface area (Å²) in [5.41, 5.74) is 0. The first-order valence-electron chi connectivity index (χ1n) is 6.82. The van der Waals surface area contributed by atoms with Crippen LogP contribution in [0.4, 0.5) is 0 Å². The van der Waals surface area contributed by atoms with E-state index in [-0.39, 0.29) is 18.3 Å². The van der Waals surface area contributed by atoms with E-state index in [1.54, 1.807) is 0 Å². The van der Waals surface area contributed by atoms with Crippen LogP contribution in [0.25, 0.3) is 0 Å². The summed E-state index contributed by atoms with van der Waals surface area (Å²) in [6.45, 7) is 4.24. The number of hydrogen-bond acceptors (Lipinski definition) is 3. The van der Waals surface area contributed by atoms with Crippen LogP contribution in [0.15, 0.2) is 0 Å². The van der Waals surface area contributed by atoms with Crippen molar-refractivity contribution in [2.75, 3.05) is 18.8 Å². The van der Waals surface area contributed by atoms with E-state index >= 15 is 0 Å². The van der Waals surface area contributed by atoms with Gasteiger partial charge in [0.1, 0.15) is 0 Å². The molecule has 0 aromatic rings. The number of nitrogens with one attached hydrogen (secondary N) is 2. The van der Waals surface area contributed by atoms with Gasteiger partial charge in [-0.05, 0) is 51.3 Å². The molecule has 0 aromatic carbocycles. The van der Waals surface area contributed by atoms with E-state index < -0.39 is 0 Å². The lowest BCUT2D eigenvalue weighted by Crippen LogP contribution is -2.37. The van der Waals surface area contributed by atoms with Gasteiger partial charge >= 0.3 is 0 Å². The number of halogens is 1. The Kier molecular flexibility index (Phi) is 6.82. The van der Waals surface area contributed by atoms with Crippen molar-refractivity contribution in [3.8, 4) is 0 Å². The zero-order valence-corrected chi connectivity index (χ0v) is 12.8. The van der Waals surface area contributed by atoms with Crippen molar-refractivity contribution in [1.82, 2.24) is 10.6 Å². The first-order valence-corrected chi connectivity index (χ1v) is 7.81. The molecule has 0 spiro atoms. The predicted molar refractivity (Wildman–Crippen MR) is 80.6 cm³/mol. The van der Waals surface area contributed by atoms with Crippen molar-refractivity contribution in [2.45, 2.75) is 56.2 Å². The molecule has 0 radical (unpaired) electrons. The van der Waals surface area contributed by atoms with E-state index in [4.69, 9.17) is 0 Å². The molecule has 2 aliphatic heterocycles. The fraction of sp³-hybridized carbons (Fsp3) is 0.923. The van der Waals surface area contributed by atoms with Crippen LogP contribution in [0.5, 0.6) is 0 Å². The molecule has 2 fully saturated rings. The van der Waals surface area contributed by atoms with Crippen molar-refractivity contribution >= 4 is 30.1 Å². The summed E-state index contributed by atoms with van der Waals surface area (Å²) in [5.74, 6) is 1.48. The van der Waals surface area contributed by atoms with Crippen molar-refractivity contribution in [2.24, 2.45) is 0 Å². The summed E-state index contributed by atoms with van der Waals surface area (Å²) in [6, 6.07) is 0.581. The third kappa shape index (κ3) is 4.98. The Balaban J connectivity index is 0.00000162. The van der Waals surface area contributed by atoms with Crippen LogP contribution in [-0.2, 0) is 4.79 Å². The van der Waals surface area contributed by atoms with E-state index in [0.29, 0.717) is 17.2 Å². The Hall–Kier alpha value is 0.0700. The van der Waals surface area contributed by atoms with Crippen LogP contribution in [-0.4, -0.2) is 35.5 Å². The van der Waals surface area contributed by atoms with Crippen molar-refractivity contribution in [3.63, 3.8) is 0 Å². The zero-order chi connectivity index (χ0) is 12.1. The molecule has 2 atom stereocenters. The highest BCUT2D eigenvalue weighted by Gasteiger charge is 2.29. The van der Waals surface area contributed by atoms with Crippen LogP contribution in [0.3, 0.4) is 0 Å². The molecule has 18 heavy (non-hydrogen) atoms. The molecule has 1 amide bonds. The van der Waals surface area contributed by atoms with E-state index in [1.165, 1.54) is 31.4 Å². The van der Waals surface area contributed by atoms with Gasteiger partial charge in [-0.2, -0.15) is 11.8 Å². The third-order valence-electron chi connectivity index (χ3n) is 3.84. The molecule has 0 saturated carbocycles.